The largest absolute Gasteiger partial charge is 0.317 e. The summed E-state index contributed by atoms with van der Waals surface area (Å²) in [6.07, 6.45) is 5.28. The van der Waals surface area contributed by atoms with Gasteiger partial charge in [-0.15, -0.1) is 11.3 Å². The van der Waals surface area contributed by atoms with Gasteiger partial charge < -0.3 is 5.32 Å². The van der Waals surface area contributed by atoms with E-state index in [1.54, 1.807) is 0 Å². The van der Waals surface area contributed by atoms with Crippen LogP contribution in [0.25, 0.3) is 0 Å². The molecule has 1 aromatic heterocycles. The lowest BCUT2D eigenvalue weighted by Gasteiger charge is -2.44. The van der Waals surface area contributed by atoms with Crippen LogP contribution < -0.4 is 5.32 Å². The molecular formula is C16H26BrNS. The minimum atomic E-state index is 0.373. The van der Waals surface area contributed by atoms with Gasteiger partial charge in [0.2, 0.25) is 0 Å². The van der Waals surface area contributed by atoms with Crippen LogP contribution in [-0.4, -0.2) is 13.1 Å². The Morgan fingerprint density at radius 1 is 1.37 bits per heavy atom. The molecule has 1 nitrogen and oxygen atoms in total. The van der Waals surface area contributed by atoms with E-state index < -0.39 is 0 Å². The predicted molar refractivity (Wildman–Crippen MR) is 88.9 cm³/mol. The third kappa shape index (κ3) is 3.83. The van der Waals surface area contributed by atoms with Gasteiger partial charge in [0.25, 0.3) is 0 Å². The van der Waals surface area contributed by atoms with Crippen molar-refractivity contribution in [2.45, 2.75) is 52.5 Å². The van der Waals surface area contributed by atoms with E-state index in [1.807, 2.05) is 11.3 Å². The highest BCUT2D eigenvalue weighted by molar-refractivity contribution is 9.11. The minimum absolute atomic E-state index is 0.373. The van der Waals surface area contributed by atoms with E-state index in [9.17, 15) is 0 Å². The van der Waals surface area contributed by atoms with E-state index in [0.29, 0.717) is 11.5 Å². The highest BCUT2D eigenvalue weighted by Crippen LogP contribution is 2.43. The van der Waals surface area contributed by atoms with Gasteiger partial charge in [0.1, 0.15) is 0 Å². The third-order valence-corrected chi connectivity index (χ3v) is 6.37. The van der Waals surface area contributed by atoms with Crippen molar-refractivity contribution >= 4 is 27.3 Å². The number of nitrogens with one attached hydrogen (secondary N) is 1. The van der Waals surface area contributed by atoms with E-state index in [0.717, 1.165) is 11.8 Å². The molecule has 1 heterocycles. The van der Waals surface area contributed by atoms with Crippen molar-refractivity contribution in [3.8, 4) is 0 Å². The lowest BCUT2D eigenvalue weighted by molar-refractivity contribution is 0.0987. The summed E-state index contributed by atoms with van der Waals surface area (Å²) >= 11 is 5.46. The summed E-state index contributed by atoms with van der Waals surface area (Å²) in [4.78, 5) is 1.50. The molecular weight excluding hydrogens is 318 g/mol. The highest BCUT2D eigenvalue weighted by atomic mass is 79.9. The van der Waals surface area contributed by atoms with Crippen molar-refractivity contribution in [2.75, 3.05) is 7.05 Å². The first kappa shape index (κ1) is 15.5. The van der Waals surface area contributed by atoms with Crippen LogP contribution in [0.4, 0.5) is 0 Å². The fourth-order valence-corrected chi connectivity index (χ4v) is 5.38. The van der Waals surface area contributed by atoms with Crippen molar-refractivity contribution in [1.29, 1.82) is 0 Å². The number of hydrogen-bond acceptors (Lipinski definition) is 2. The Kier molecular flexibility index (Phi) is 5.13. The fraction of sp³-hybridized carbons (Fsp3) is 0.750. The van der Waals surface area contributed by atoms with Crippen molar-refractivity contribution in [3.05, 3.63) is 20.8 Å². The van der Waals surface area contributed by atoms with Crippen LogP contribution in [-0.2, 0) is 6.42 Å². The van der Waals surface area contributed by atoms with Crippen LogP contribution in [0.2, 0.25) is 0 Å². The molecule has 0 amide bonds. The summed E-state index contributed by atoms with van der Waals surface area (Å²) < 4.78 is 1.25. The van der Waals surface area contributed by atoms with Gasteiger partial charge in [-0.3, -0.25) is 0 Å². The average Bonchev–Trinajstić information content (AvgIpc) is 2.73. The summed E-state index contributed by atoms with van der Waals surface area (Å²) in [5.41, 5.74) is 0.373. The lowest BCUT2D eigenvalue weighted by atomic mass is 9.65. The molecule has 0 aromatic carbocycles. The highest BCUT2D eigenvalue weighted by Gasteiger charge is 2.38. The van der Waals surface area contributed by atoms with E-state index in [2.05, 4.69) is 61.2 Å². The van der Waals surface area contributed by atoms with Crippen molar-refractivity contribution < 1.29 is 0 Å². The quantitative estimate of drug-likeness (QED) is 0.801. The molecule has 0 bridgehead atoms. The van der Waals surface area contributed by atoms with Crippen molar-refractivity contribution in [1.82, 2.24) is 5.32 Å². The number of rotatable bonds is 4. The molecule has 0 spiro atoms. The zero-order valence-corrected chi connectivity index (χ0v) is 14.9. The number of hydrogen-bond donors (Lipinski definition) is 1. The van der Waals surface area contributed by atoms with E-state index in [4.69, 9.17) is 0 Å². The first-order chi connectivity index (χ1) is 8.92. The van der Waals surface area contributed by atoms with E-state index >= 15 is 0 Å². The van der Waals surface area contributed by atoms with Crippen LogP contribution in [0, 0.1) is 17.3 Å². The molecule has 3 unspecified atom stereocenters. The zero-order valence-electron chi connectivity index (χ0n) is 12.5. The van der Waals surface area contributed by atoms with Crippen molar-refractivity contribution in [2.24, 2.45) is 17.3 Å². The Labute approximate surface area is 130 Å². The fourth-order valence-electron chi connectivity index (χ4n) is 3.66. The SMILES string of the molecule is CNC1CC(C)CCC1C(C)(C)Cc1ccc(Br)s1. The minimum Gasteiger partial charge on any atom is -0.317 e. The summed E-state index contributed by atoms with van der Waals surface area (Å²) in [6.45, 7) is 7.29. The predicted octanol–water partition coefficient (Wildman–Crippen LogP) is 5.10. The molecule has 2 rings (SSSR count). The second-order valence-electron chi connectivity index (χ2n) is 6.79. The van der Waals surface area contributed by atoms with Crippen LogP contribution in [0.15, 0.2) is 15.9 Å². The Hall–Kier alpha value is 0.140. The molecule has 1 aliphatic carbocycles. The van der Waals surface area contributed by atoms with Crippen molar-refractivity contribution in [3.63, 3.8) is 0 Å². The summed E-state index contributed by atoms with van der Waals surface area (Å²) in [7, 11) is 2.13. The van der Waals surface area contributed by atoms with Gasteiger partial charge in [-0.2, -0.15) is 0 Å². The van der Waals surface area contributed by atoms with Gasteiger partial charge in [-0.1, -0.05) is 27.2 Å². The van der Waals surface area contributed by atoms with Gasteiger partial charge in [0.05, 0.1) is 3.79 Å². The van der Waals surface area contributed by atoms with Gasteiger partial charge >= 0.3 is 0 Å². The molecule has 0 radical (unpaired) electrons. The Bertz CT molecular complexity index is 413. The van der Waals surface area contributed by atoms with Crippen LogP contribution in [0.5, 0.6) is 0 Å². The van der Waals surface area contributed by atoms with Crippen LogP contribution in [0.3, 0.4) is 0 Å². The normalized spacial score (nSPS) is 28.6. The maximum absolute atomic E-state index is 3.58. The maximum atomic E-state index is 3.58. The molecule has 1 aliphatic rings. The molecule has 0 aliphatic heterocycles. The number of thiophene rings is 1. The molecule has 19 heavy (non-hydrogen) atoms. The summed E-state index contributed by atoms with van der Waals surface area (Å²) in [5, 5.41) is 3.58. The van der Waals surface area contributed by atoms with E-state index in [1.165, 1.54) is 34.3 Å². The molecule has 1 fully saturated rings. The van der Waals surface area contributed by atoms with Gasteiger partial charge in [0, 0.05) is 10.9 Å². The molecule has 3 atom stereocenters. The van der Waals surface area contributed by atoms with Gasteiger partial charge in [-0.05, 0) is 71.6 Å². The second-order valence-corrected chi connectivity index (χ2v) is 9.34. The van der Waals surface area contributed by atoms with E-state index in [-0.39, 0.29) is 0 Å². The summed E-state index contributed by atoms with van der Waals surface area (Å²) in [5.74, 6) is 1.66. The smallest absolute Gasteiger partial charge is 0.0701 e. The molecule has 3 heteroatoms. The van der Waals surface area contributed by atoms with Gasteiger partial charge in [-0.25, -0.2) is 0 Å². The Morgan fingerprint density at radius 2 is 2.11 bits per heavy atom. The average molecular weight is 344 g/mol. The first-order valence-corrected chi connectivity index (χ1v) is 8.95. The Morgan fingerprint density at radius 3 is 2.68 bits per heavy atom. The van der Waals surface area contributed by atoms with Gasteiger partial charge in [0.15, 0.2) is 0 Å². The molecule has 1 aromatic rings. The molecule has 0 saturated heterocycles. The molecule has 108 valence electrons. The topological polar surface area (TPSA) is 12.0 Å². The van der Waals surface area contributed by atoms with Crippen LogP contribution in [0.1, 0.15) is 44.9 Å². The van der Waals surface area contributed by atoms with Crippen LogP contribution >= 0.6 is 27.3 Å². The third-order valence-electron chi connectivity index (χ3n) is 4.75. The lowest BCUT2D eigenvalue weighted by Crippen LogP contribution is -2.46. The first-order valence-electron chi connectivity index (χ1n) is 7.34. The zero-order chi connectivity index (χ0) is 14.0. The Balaban J connectivity index is 2.09. The second kappa shape index (κ2) is 6.28. The standard InChI is InChI=1S/C16H26BrNS/c1-11-5-7-13(14(9-11)18-4)16(2,3)10-12-6-8-15(17)19-12/h6,8,11,13-14,18H,5,7,9-10H2,1-4H3. The number of halogens is 1. The molecule has 1 N–H and O–H groups in total. The maximum Gasteiger partial charge on any atom is 0.0701 e. The summed E-state index contributed by atoms with van der Waals surface area (Å²) in [6, 6.07) is 5.13. The monoisotopic (exact) mass is 343 g/mol. The molecule has 1 saturated carbocycles.